The second-order valence-electron chi connectivity index (χ2n) is 4.44. The predicted molar refractivity (Wildman–Crippen MR) is 70.6 cm³/mol. The lowest BCUT2D eigenvalue weighted by molar-refractivity contribution is -0.384. The Morgan fingerprint density at radius 2 is 2.11 bits per heavy atom. The van der Waals surface area contributed by atoms with Gasteiger partial charge >= 0.3 is 0 Å². The van der Waals surface area contributed by atoms with Gasteiger partial charge in [0.1, 0.15) is 11.5 Å². The van der Waals surface area contributed by atoms with Gasteiger partial charge in [-0.1, -0.05) is 32.4 Å². The smallest absolute Gasteiger partial charge is 0.295 e. The summed E-state index contributed by atoms with van der Waals surface area (Å²) in [7, 11) is 0. The van der Waals surface area contributed by atoms with Gasteiger partial charge in [-0.3, -0.25) is 10.1 Å². The Morgan fingerprint density at radius 3 is 2.56 bits per heavy atom. The number of hydrogen-bond donors (Lipinski definition) is 1. The molecule has 100 valence electrons. The average Bonchev–Trinajstić information content (AvgIpc) is 2.29. The van der Waals surface area contributed by atoms with Gasteiger partial charge in [-0.15, -0.1) is 0 Å². The summed E-state index contributed by atoms with van der Waals surface area (Å²) in [4.78, 5) is 10.3. The van der Waals surface area contributed by atoms with E-state index >= 15 is 0 Å². The van der Waals surface area contributed by atoms with Crippen LogP contribution in [-0.4, -0.2) is 11.0 Å². The van der Waals surface area contributed by atoms with E-state index in [0.29, 0.717) is 5.92 Å². The van der Waals surface area contributed by atoms with Crippen LogP contribution < -0.4 is 5.32 Å². The van der Waals surface area contributed by atoms with Crippen LogP contribution >= 0.6 is 11.6 Å². The topological polar surface area (TPSA) is 55.2 Å². The van der Waals surface area contributed by atoms with Gasteiger partial charge in [0.25, 0.3) is 5.69 Å². The van der Waals surface area contributed by atoms with E-state index in [1.807, 2.05) is 20.8 Å². The molecule has 1 N–H and O–H groups in total. The van der Waals surface area contributed by atoms with E-state index in [-0.39, 0.29) is 22.4 Å². The Kier molecular flexibility index (Phi) is 4.90. The number of nitrogens with zero attached hydrogens (tertiary/aromatic N) is 1. The quantitative estimate of drug-likeness (QED) is 0.645. The fraction of sp³-hybridized carbons (Fsp3) is 0.500. The molecule has 0 heterocycles. The molecular formula is C12H16ClFN2O2. The minimum atomic E-state index is -0.786. The molecule has 0 aliphatic heterocycles. The van der Waals surface area contributed by atoms with Crippen molar-refractivity contribution in [3.8, 4) is 0 Å². The van der Waals surface area contributed by atoms with Crippen molar-refractivity contribution in [1.29, 1.82) is 0 Å². The number of nitro benzene ring substituents is 1. The summed E-state index contributed by atoms with van der Waals surface area (Å²) >= 11 is 5.66. The van der Waals surface area contributed by atoms with Crippen molar-refractivity contribution in [1.82, 2.24) is 0 Å². The molecule has 1 atom stereocenters. The summed E-state index contributed by atoms with van der Waals surface area (Å²) < 4.78 is 13.2. The van der Waals surface area contributed by atoms with Crippen molar-refractivity contribution < 1.29 is 9.31 Å². The van der Waals surface area contributed by atoms with Crippen LogP contribution in [0.25, 0.3) is 0 Å². The lowest BCUT2D eigenvalue weighted by Crippen LogP contribution is -2.25. The van der Waals surface area contributed by atoms with E-state index in [1.165, 1.54) is 6.07 Å². The number of halogens is 2. The maximum Gasteiger partial charge on any atom is 0.295 e. The van der Waals surface area contributed by atoms with E-state index in [0.717, 1.165) is 12.5 Å². The summed E-state index contributed by atoms with van der Waals surface area (Å²) in [6, 6.07) is 2.18. The molecule has 4 nitrogen and oxygen atoms in total. The molecule has 18 heavy (non-hydrogen) atoms. The lowest BCUT2D eigenvalue weighted by atomic mass is 10.0. The molecule has 6 heteroatoms. The summed E-state index contributed by atoms with van der Waals surface area (Å²) in [5.41, 5.74) is -0.0389. The van der Waals surface area contributed by atoms with Crippen molar-refractivity contribution in [2.45, 2.75) is 33.2 Å². The zero-order chi connectivity index (χ0) is 13.9. The highest BCUT2D eigenvalue weighted by atomic mass is 35.5. The third-order valence-corrected chi connectivity index (χ3v) is 3.11. The van der Waals surface area contributed by atoms with Crippen molar-refractivity contribution in [2.75, 3.05) is 5.32 Å². The van der Waals surface area contributed by atoms with Crippen LogP contribution in [0, 0.1) is 21.8 Å². The number of hydrogen-bond acceptors (Lipinski definition) is 3. The molecule has 1 rings (SSSR count). The fourth-order valence-corrected chi connectivity index (χ4v) is 1.91. The molecule has 1 unspecified atom stereocenters. The summed E-state index contributed by atoms with van der Waals surface area (Å²) in [5.74, 6) is -0.482. The molecule has 0 fully saturated rings. The highest BCUT2D eigenvalue weighted by Gasteiger charge is 2.21. The molecule has 0 radical (unpaired) electrons. The second-order valence-corrected chi connectivity index (χ2v) is 4.85. The SMILES string of the molecule is CCC(Nc1cc(Cl)c(F)cc1[N+](=O)[O-])C(C)C. The molecule has 0 aromatic heterocycles. The number of anilines is 1. The predicted octanol–water partition coefficient (Wildman–Crippen LogP) is 4.23. The molecular weight excluding hydrogens is 259 g/mol. The van der Waals surface area contributed by atoms with Gasteiger partial charge in [0.15, 0.2) is 0 Å². The Balaban J connectivity index is 3.14. The standard InChI is InChI=1S/C12H16ClFN2O2/c1-4-10(7(2)3)15-11-5-8(13)9(14)6-12(11)16(17)18/h5-7,10,15H,4H2,1-3H3. The van der Waals surface area contributed by atoms with E-state index in [1.54, 1.807) is 0 Å². The normalized spacial score (nSPS) is 12.6. The van der Waals surface area contributed by atoms with Crippen LogP contribution in [0.3, 0.4) is 0 Å². The Bertz CT molecular complexity index is 452. The molecule has 0 aliphatic rings. The second kappa shape index (κ2) is 6.00. The summed E-state index contributed by atoms with van der Waals surface area (Å²) in [5, 5.41) is 13.8. The highest BCUT2D eigenvalue weighted by molar-refractivity contribution is 6.31. The molecule has 0 amide bonds. The maximum absolute atomic E-state index is 13.2. The molecule has 0 saturated carbocycles. The first-order chi connectivity index (χ1) is 8.36. The molecule has 0 aliphatic carbocycles. The van der Waals surface area contributed by atoms with Crippen molar-refractivity contribution in [3.05, 3.63) is 33.1 Å². The van der Waals surface area contributed by atoms with E-state index in [4.69, 9.17) is 11.6 Å². The van der Waals surface area contributed by atoms with Crippen LogP contribution in [0.5, 0.6) is 0 Å². The molecule has 0 spiro atoms. The summed E-state index contributed by atoms with van der Waals surface area (Å²) in [6.07, 6.45) is 0.809. The molecule has 0 bridgehead atoms. The Labute approximate surface area is 110 Å². The molecule has 1 aromatic carbocycles. The zero-order valence-corrected chi connectivity index (χ0v) is 11.3. The zero-order valence-electron chi connectivity index (χ0n) is 10.5. The van der Waals surface area contributed by atoms with Gasteiger partial charge < -0.3 is 5.32 Å². The molecule has 1 aromatic rings. The maximum atomic E-state index is 13.2. The van der Waals surface area contributed by atoms with Crippen molar-refractivity contribution in [3.63, 3.8) is 0 Å². The minimum absolute atomic E-state index is 0.0743. The third-order valence-electron chi connectivity index (χ3n) is 2.82. The van der Waals surface area contributed by atoms with Gasteiger partial charge in [0.2, 0.25) is 0 Å². The van der Waals surface area contributed by atoms with E-state index < -0.39 is 10.7 Å². The van der Waals surface area contributed by atoms with Crippen LogP contribution in [-0.2, 0) is 0 Å². The van der Waals surface area contributed by atoms with E-state index in [9.17, 15) is 14.5 Å². The Hall–Kier alpha value is -1.36. The van der Waals surface area contributed by atoms with Gasteiger partial charge in [0.05, 0.1) is 16.0 Å². The summed E-state index contributed by atoms with van der Waals surface area (Å²) in [6.45, 7) is 6.00. The minimum Gasteiger partial charge on any atom is -0.376 e. The third kappa shape index (κ3) is 3.32. The number of benzene rings is 1. The largest absolute Gasteiger partial charge is 0.376 e. The van der Waals surface area contributed by atoms with Gasteiger partial charge in [-0.25, -0.2) is 4.39 Å². The average molecular weight is 275 g/mol. The first kappa shape index (κ1) is 14.7. The van der Waals surface area contributed by atoms with Gasteiger partial charge in [0, 0.05) is 6.04 Å². The number of nitro groups is 1. The van der Waals surface area contributed by atoms with Gasteiger partial charge in [-0.05, 0) is 18.4 Å². The van der Waals surface area contributed by atoms with Crippen LogP contribution in [0.15, 0.2) is 12.1 Å². The monoisotopic (exact) mass is 274 g/mol. The van der Waals surface area contributed by atoms with Crippen LogP contribution in [0.2, 0.25) is 5.02 Å². The van der Waals surface area contributed by atoms with Gasteiger partial charge in [-0.2, -0.15) is 0 Å². The number of rotatable bonds is 5. The highest BCUT2D eigenvalue weighted by Crippen LogP contribution is 2.31. The first-order valence-electron chi connectivity index (χ1n) is 5.76. The van der Waals surface area contributed by atoms with Crippen molar-refractivity contribution in [2.24, 2.45) is 5.92 Å². The Morgan fingerprint density at radius 1 is 1.50 bits per heavy atom. The van der Waals surface area contributed by atoms with E-state index in [2.05, 4.69) is 5.32 Å². The number of nitrogens with one attached hydrogen (secondary N) is 1. The fourth-order valence-electron chi connectivity index (χ4n) is 1.74. The first-order valence-corrected chi connectivity index (χ1v) is 6.14. The lowest BCUT2D eigenvalue weighted by Gasteiger charge is -2.22. The van der Waals surface area contributed by atoms with Crippen molar-refractivity contribution >= 4 is 23.0 Å². The van der Waals surface area contributed by atoms with Crippen LogP contribution in [0.1, 0.15) is 27.2 Å². The molecule has 0 saturated heterocycles. The van der Waals surface area contributed by atoms with Crippen LogP contribution in [0.4, 0.5) is 15.8 Å².